The number of rotatable bonds is 5. The van der Waals surface area contributed by atoms with Crippen LogP contribution in [0.5, 0.6) is 0 Å². The summed E-state index contributed by atoms with van der Waals surface area (Å²) in [4.78, 5) is 18.1. The number of H-pyrrole nitrogens is 1. The number of para-hydroxylation sites is 1. The van der Waals surface area contributed by atoms with E-state index in [0.29, 0.717) is 12.2 Å². The molecule has 0 aliphatic heterocycles. The number of hydrogen-bond donors (Lipinski definition) is 1. The zero-order chi connectivity index (χ0) is 19.6. The lowest BCUT2D eigenvalue weighted by molar-refractivity contribution is 0.876. The van der Waals surface area contributed by atoms with Gasteiger partial charge in [-0.2, -0.15) is 5.10 Å². The van der Waals surface area contributed by atoms with Crippen LogP contribution in [0.3, 0.4) is 0 Å². The number of nitrogens with one attached hydrogen (secondary N) is 1. The highest BCUT2D eigenvalue weighted by atomic mass is 15.3. The van der Waals surface area contributed by atoms with Gasteiger partial charge in [0.05, 0.1) is 17.7 Å². The van der Waals surface area contributed by atoms with Gasteiger partial charge in [0.1, 0.15) is 11.8 Å². The molecule has 0 unspecified atom stereocenters. The van der Waals surface area contributed by atoms with Crippen molar-refractivity contribution in [3.8, 4) is 16.9 Å². The molecule has 5 rings (SSSR count). The third kappa shape index (κ3) is 3.23. The topological polar surface area (TPSA) is 75.5 Å². The molecule has 7 heteroatoms. The quantitative estimate of drug-likeness (QED) is 0.501. The molecule has 3 heterocycles. The fraction of sp³-hybridized carbons (Fsp3) is 0.0909. The molecule has 0 saturated heterocycles. The molecule has 0 spiro atoms. The molecule has 0 radical (unpaired) electrons. The van der Waals surface area contributed by atoms with E-state index >= 15 is 0 Å². The first kappa shape index (κ1) is 17.1. The predicted molar refractivity (Wildman–Crippen MR) is 113 cm³/mol. The van der Waals surface area contributed by atoms with E-state index in [1.807, 2.05) is 60.3 Å². The molecule has 1 N–H and O–H groups in total. The van der Waals surface area contributed by atoms with Crippen molar-refractivity contribution in [3.63, 3.8) is 0 Å². The Hall–Kier alpha value is -4.00. The number of nitrogens with zero attached hydrogens (tertiary/aromatic N) is 6. The fourth-order valence-corrected chi connectivity index (χ4v) is 3.45. The van der Waals surface area contributed by atoms with Crippen molar-refractivity contribution < 1.29 is 0 Å². The molecule has 3 aromatic heterocycles. The van der Waals surface area contributed by atoms with Crippen LogP contribution in [0.4, 0.5) is 5.82 Å². The Morgan fingerprint density at radius 2 is 1.69 bits per heavy atom. The van der Waals surface area contributed by atoms with Gasteiger partial charge in [-0.25, -0.2) is 19.6 Å². The number of imidazole rings is 1. The van der Waals surface area contributed by atoms with Crippen molar-refractivity contribution >= 4 is 17.0 Å². The lowest BCUT2D eigenvalue weighted by Gasteiger charge is -2.18. The van der Waals surface area contributed by atoms with Crippen molar-refractivity contribution in [3.05, 3.63) is 85.1 Å². The number of benzene rings is 2. The largest absolute Gasteiger partial charge is 0.353 e. The van der Waals surface area contributed by atoms with Gasteiger partial charge in [-0.05, 0) is 12.1 Å². The van der Waals surface area contributed by atoms with Crippen LogP contribution in [0.1, 0.15) is 5.56 Å². The van der Waals surface area contributed by atoms with E-state index < -0.39 is 0 Å². The van der Waals surface area contributed by atoms with E-state index in [1.54, 1.807) is 12.7 Å². The van der Waals surface area contributed by atoms with E-state index in [2.05, 4.69) is 43.2 Å². The number of fused-ring (bicyclic) bond motifs is 1. The van der Waals surface area contributed by atoms with Gasteiger partial charge in [-0.15, -0.1) is 0 Å². The molecule has 0 aliphatic carbocycles. The minimum Gasteiger partial charge on any atom is -0.353 e. The Balaban J connectivity index is 1.56. The summed E-state index contributed by atoms with van der Waals surface area (Å²) in [5.41, 5.74) is 5.65. The highest BCUT2D eigenvalue weighted by molar-refractivity contribution is 5.82. The normalized spacial score (nSPS) is 11.1. The second-order valence-electron chi connectivity index (χ2n) is 6.80. The molecule has 0 amide bonds. The standard InChI is InChI=1S/C22H19N7/c1-28(22-20-21(24-14-23-20)25-15-26-22)12-17-13-29(18-10-6-3-7-11-18)27-19(17)16-8-4-2-5-9-16/h2-11,13-15H,12H2,1H3,(H,23,24,25,26). The number of aromatic amines is 1. The van der Waals surface area contributed by atoms with E-state index in [1.165, 1.54) is 0 Å². The fourth-order valence-electron chi connectivity index (χ4n) is 3.45. The summed E-state index contributed by atoms with van der Waals surface area (Å²) in [7, 11) is 2.01. The summed E-state index contributed by atoms with van der Waals surface area (Å²) in [6, 6.07) is 20.4. The Labute approximate surface area is 167 Å². The third-order valence-corrected chi connectivity index (χ3v) is 4.83. The van der Waals surface area contributed by atoms with Crippen molar-refractivity contribution in [1.82, 2.24) is 29.7 Å². The SMILES string of the molecule is CN(Cc1cn(-c2ccccc2)nc1-c1ccccc1)c1ncnc2nc[nH]c12. The average Bonchev–Trinajstić information content (AvgIpc) is 3.42. The maximum absolute atomic E-state index is 4.89. The molecule has 7 nitrogen and oxygen atoms in total. The number of hydrogen-bond acceptors (Lipinski definition) is 5. The Morgan fingerprint density at radius 3 is 2.48 bits per heavy atom. The van der Waals surface area contributed by atoms with Crippen molar-refractivity contribution in [2.45, 2.75) is 6.54 Å². The van der Waals surface area contributed by atoms with Crippen LogP contribution >= 0.6 is 0 Å². The number of aromatic nitrogens is 6. The van der Waals surface area contributed by atoms with Crippen LogP contribution in [0.25, 0.3) is 28.1 Å². The highest BCUT2D eigenvalue weighted by Gasteiger charge is 2.17. The first-order valence-electron chi connectivity index (χ1n) is 9.34. The minimum absolute atomic E-state index is 0.641. The second-order valence-corrected chi connectivity index (χ2v) is 6.80. The Kier molecular flexibility index (Phi) is 4.25. The molecule has 29 heavy (non-hydrogen) atoms. The summed E-state index contributed by atoms with van der Waals surface area (Å²) in [5.74, 6) is 0.805. The van der Waals surface area contributed by atoms with E-state index in [-0.39, 0.29) is 0 Å². The Bertz CT molecular complexity index is 1240. The van der Waals surface area contributed by atoms with Crippen LogP contribution in [-0.2, 0) is 6.54 Å². The molecular weight excluding hydrogens is 362 g/mol. The summed E-state index contributed by atoms with van der Waals surface area (Å²) in [6.45, 7) is 0.641. The molecule has 0 aliphatic rings. The summed E-state index contributed by atoms with van der Waals surface area (Å²) in [6.07, 6.45) is 5.26. The summed E-state index contributed by atoms with van der Waals surface area (Å²) in [5, 5.41) is 4.89. The van der Waals surface area contributed by atoms with Crippen LogP contribution in [0, 0.1) is 0 Å². The Morgan fingerprint density at radius 1 is 0.931 bits per heavy atom. The van der Waals surface area contributed by atoms with Gasteiger partial charge in [0.25, 0.3) is 0 Å². The van der Waals surface area contributed by atoms with Gasteiger partial charge >= 0.3 is 0 Å². The van der Waals surface area contributed by atoms with Crippen LogP contribution in [-0.4, -0.2) is 36.8 Å². The minimum atomic E-state index is 0.641. The molecular formula is C22H19N7. The lowest BCUT2D eigenvalue weighted by Crippen LogP contribution is -2.18. The second kappa shape index (κ2) is 7.20. The first-order valence-corrected chi connectivity index (χ1v) is 9.34. The molecule has 0 fully saturated rings. The zero-order valence-corrected chi connectivity index (χ0v) is 15.9. The van der Waals surface area contributed by atoms with Crippen LogP contribution < -0.4 is 4.90 Å². The van der Waals surface area contributed by atoms with Crippen molar-refractivity contribution in [1.29, 1.82) is 0 Å². The van der Waals surface area contributed by atoms with Crippen molar-refractivity contribution in [2.24, 2.45) is 0 Å². The first-order chi connectivity index (χ1) is 14.3. The van der Waals surface area contributed by atoms with Gasteiger partial charge in [-0.1, -0.05) is 48.5 Å². The third-order valence-electron chi connectivity index (χ3n) is 4.83. The van der Waals surface area contributed by atoms with Crippen LogP contribution in [0.2, 0.25) is 0 Å². The van der Waals surface area contributed by atoms with Gasteiger partial charge < -0.3 is 9.88 Å². The molecule has 0 saturated carbocycles. The van der Waals surface area contributed by atoms with E-state index in [4.69, 9.17) is 5.10 Å². The van der Waals surface area contributed by atoms with E-state index in [9.17, 15) is 0 Å². The highest BCUT2D eigenvalue weighted by Crippen LogP contribution is 2.27. The molecule has 2 aromatic carbocycles. The smallest absolute Gasteiger partial charge is 0.182 e. The zero-order valence-electron chi connectivity index (χ0n) is 15.9. The maximum Gasteiger partial charge on any atom is 0.182 e. The van der Waals surface area contributed by atoms with Gasteiger partial charge in [0.2, 0.25) is 0 Å². The summed E-state index contributed by atoms with van der Waals surface area (Å²) < 4.78 is 1.93. The molecule has 0 bridgehead atoms. The number of anilines is 1. The molecule has 142 valence electrons. The molecule has 0 atom stereocenters. The predicted octanol–water partition coefficient (Wildman–Crippen LogP) is 3.84. The average molecular weight is 381 g/mol. The maximum atomic E-state index is 4.89. The van der Waals surface area contributed by atoms with E-state index in [0.717, 1.165) is 33.8 Å². The van der Waals surface area contributed by atoms with Gasteiger partial charge in [0.15, 0.2) is 11.5 Å². The van der Waals surface area contributed by atoms with Gasteiger partial charge in [-0.3, -0.25) is 0 Å². The monoisotopic (exact) mass is 381 g/mol. The van der Waals surface area contributed by atoms with Gasteiger partial charge in [0, 0.05) is 30.9 Å². The van der Waals surface area contributed by atoms with Crippen molar-refractivity contribution in [2.75, 3.05) is 11.9 Å². The summed E-state index contributed by atoms with van der Waals surface area (Å²) >= 11 is 0. The lowest BCUT2D eigenvalue weighted by atomic mass is 10.1. The molecule has 5 aromatic rings. The van der Waals surface area contributed by atoms with Crippen LogP contribution in [0.15, 0.2) is 79.5 Å².